The number of carboxylic acid groups (broad SMARTS) is 1. The summed E-state index contributed by atoms with van der Waals surface area (Å²) in [6.07, 6.45) is 2.94. The first kappa shape index (κ1) is 22.6. The van der Waals surface area contributed by atoms with Gasteiger partial charge in [0.05, 0.1) is 5.56 Å². The summed E-state index contributed by atoms with van der Waals surface area (Å²) in [5.41, 5.74) is 11.9. The Morgan fingerprint density at radius 2 is 1.67 bits per heavy atom. The Kier molecular flexibility index (Phi) is 6.50. The van der Waals surface area contributed by atoms with Crippen LogP contribution in [0.5, 0.6) is 0 Å². The quantitative estimate of drug-likeness (QED) is 0.323. The van der Waals surface area contributed by atoms with Crippen LogP contribution < -0.4 is 5.73 Å². The number of carbonyl (C=O) groups is 1. The molecule has 5 rings (SSSR count). The van der Waals surface area contributed by atoms with Crippen LogP contribution in [0.3, 0.4) is 0 Å². The Morgan fingerprint density at radius 3 is 2.48 bits per heavy atom. The van der Waals surface area contributed by atoms with Crippen LogP contribution in [0.4, 0.5) is 0 Å². The fraction of sp³-hybridized carbons (Fsp3) is 0.107. The predicted molar refractivity (Wildman–Crippen MR) is 137 cm³/mol. The second-order valence-corrected chi connectivity index (χ2v) is 8.09. The Balaban J connectivity index is 0.00000259. The lowest BCUT2D eigenvalue weighted by atomic mass is 9.96. The van der Waals surface area contributed by atoms with Crippen molar-refractivity contribution in [2.75, 3.05) is 6.54 Å². The molecule has 33 heavy (non-hydrogen) atoms. The molecule has 4 aromatic carbocycles. The first-order valence-corrected chi connectivity index (χ1v) is 10.8. The fourth-order valence-corrected chi connectivity index (χ4v) is 4.50. The van der Waals surface area contributed by atoms with Gasteiger partial charge >= 0.3 is 5.97 Å². The SMILES string of the molecule is Cl.NCCc1cn(Cc2cccc(C(=O)O)c2)c2ccc(-c3cccc4ccccc34)cc12. The number of carboxylic acids is 1. The molecule has 0 bridgehead atoms. The minimum Gasteiger partial charge on any atom is -0.478 e. The zero-order valence-corrected chi connectivity index (χ0v) is 18.9. The number of nitrogens with zero attached hydrogens (tertiary/aromatic N) is 1. The van der Waals surface area contributed by atoms with Crippen molar-refractivity contribution in [3.63, 3.8) is 0 Å². The van der Waals surface area contributed by atoms with Crippen molar-refractivity contribution in [2.45, 2.75) is 13.0 Å². The molecule has 0 aliphatic rings. The largest absolute Gasteiger partial charge is 0.478 e. The highest BCUT2D eigenvalue weighted by Gasteiger charge is 2.12. The molecular formula is C28H25ClN2O2. The summed E-state index contributed by atoms with van der Waals surface area (Å²) < 4.78 is 2.19. The van der Waals surface area contributed by atoms with Crippen molar-refractivity contribution >= 4 is 40.1 Å². The number of hydrogen-bond donors (Lipinski definition) is 2. The highest BCUT2D eigenvalue weighted by atomic mass is 35.5. The van der Waals surface area contributed by atoms with Gasteiger partial charge in [0, 0.05) is 23.6 Å². The van der Waals surface area contributed by atoms with Gasteiger partial charge in [-0.1, -0.05) is 60.7 Å². The van der Waals surface area contributed by atoms with Crippen molar-refractivity contribution in [3.05, 3.63) is 108 Å². The van der Waals surface area contributed by atoms with E-state index in [9.17, 15) is 9.90 Å². The third-order valence-electron chi connectivity index (χ3n) is 6.00. The van der Waals surface area contributed by atoms with Gasteiger partial charge in [-0.15, -0.1) is 12.4 Å². The molecule has 0 aliphatic heterocycles. The lowest BCUT2D eigenvalue weighted by Gasteiger charge is -2.09. The first-order chi connectivity index (χ1) is 15.6. The summed E-state index contributed by atoms with van der Waals surface area (Å²) in [6.45, 7) is 1.18. The van der Waals surface area contributed by atoms with Gasteiger partial charge in [-0.25, -0.2) is 4.79 Å². The maximum atomic E-state index is 11.4. The van der Waals surface area contributed by atoms with Gasteiger partial charge in [0.15, 0.2) is 0 Å². The molecule has 0 atom stereocenters. The Labute approximate surface area is 198 Å². The van der Waals surface area contributed by atoms with Gasteiger partial charge < -0.3 is 15.4 Å². The summed E-state index contributed by atoms with van der Waals surface area (Å²) in [4.78, 5) is 11.4. The number of aromatic nitrogens is 1. The maximum Gasteiger partial charge on any atom is 0.335 e. The molecule has 0 fully saturated rings. The lowest BCUT2D eigenvalue weighted by Crippen LogP contribution is -2.03. The average molecular weight is 457 g/mol. The lowest BCUT2D eigenvalue weighted by molar-refractivity contribution is 0.0696. The molecule has 0 saturated carbocycles. The minimum absolute atomic E-state index is 0. The molecule has 166 valence electrons. The third-order valence-corrected chi connectivity index (χ3v) is 6.00. The number of hydrogen-bond acceptors (Lipinski definition) is 2. The topological polar surface area (TPSA) is 68.2 Å². The summed E-state index contributed by atoms with van der Waals surface area (Å²) in [5, 5.41) is 13.0. The number of nitrogens with two attached hydrogens (primary N) is 1. The molecule has 0 aliphatic carbocycles. The summed E-state index contributed by atoms with van der Waals surface area (Å²) in [5.74, 6) is -0.909. The van der Waals surface area contributed by atoms with E-state index in [-0.39, 0.29) is 12.4 Å². The number of fused-ring (bicyclic) bond motifs is 2. The molecule has 5 heteroatoms. The van der Waals surface area contributed by atoms with Gasteiger partial charge in [-0.2, -0.15) is 0 Å². The highest BCUT2D eigenvalue weighted by Crippen LogP contribution is 2.33. The van der Waals surface area contributed by atoms with E-state index in [1.54, 1.807) is 18.2 Å². The number of rotatable bonds is 6. The van der Waals surface area contributed by atoms with Crippen LogP contribution in [0.15, 0.2) is 91.1 Å². The molecule has 1 heterocycles. The van der Waals surface area contributed by atoms with Gasteiger partial charge in [-0.05, 0) is 70.3 Å². The molecular weight excluding hydrogens is 432 g/mol. The van der Waals surface area contributed by atoms with E-state index in [0.717, 1.165) is 17.5 Å². The van der Waals surface area contributed by atoms with Crippen LogP contribution in [-0.4, -0.2) is 22.2 Å². The van der Waals surface area contributed by atoms with Crippen LogP contribution in [0.25, 0.3) is 32.8 Å². The van der Waals surface area contributed by atoms with Crippen LogP contribution in [0, 0.1) is 0 Å². The average Bonchev–Trinajstić information content (AvgIpc) is 3.15. The molecule has 3 N–H and O–H groups in total. The molecule has 0 spiro atoms. The van der Waals surface area contributed by atoms with Gasteiger partial charge in [-0.3, -0.25) is 0 Å². The Hall–Kier alpha value is -3.60. The molecule has 0 radical (unpaired) electrons. The summed E-state index contributed by atoms with van der Waals surface area (Å²) in [6, 6.07) is 28.5. The molecule has 4 nitrogen and oxygen atoms in total. The second-order valence-electron chi connectivity index (χ2n) is 8.09. The third kappa shape index (κ3) is 4.36. The van der Waals surface area contributed by atoms with Crippen molar-refractivity contribution in [1.82, 2.24) is 4.57 Å². The highest BCUT2D eigenvalue weighted by molar-refractivity contribution is 5.99. The summed E-state index contributed by atoms with van der Waals surface area (Å²) >= 11 is 0. The Bertz CT molecular complexity index is 1450. The molecule has 0 saturated heterocycles. The standard InChI is InChI=1S/C28H24N2O2.ClH/c29-14-13-23-18-30(17-19-5-3-8-22(15-19)28(31)32)27-12-11-21(16-26(23)27)25-10-4-7-20-6-1-2-9-24(20)25;/h1-12,15-16,18H,13-14,17,29H2,(H,31,32);1H. The predicted octanol–water partition coefficient (Wildman–Crippen LogP) is 6.13. The van der Waals surface area contributed by atoms with E-state index >= 15 is 0 Å². The summed E-state index contributed by atoms with van der Waals surface area (Å²) in [7, 11) is 0. The number of halogens is 1. The zero-order valence-electron chi connectivity index (χ0n) is 18.1. The van der Waals surface area contributed by atoms with Crippen LogP contribution in [-0.2, 0) is 13.0 Å². The van der Waals surface area contributed by atoms with Crippen molar-refractivity contribution < 1.29 is 9.90 Å². The Morgan fingerprint density at radius 1 is 0.879 bits per heavy atom. The van der Waals surface area contributed by atoms with Crippen LogP contribution >= 0.6 is 12.4 Å². The number of benzene rings is 4. The minimum atomic E-state index is -0.909. The van der Waals surface area contributed by atoms with E-state index in [4.69, 9.17) is 5.73 Å². The van der Waals surface area contributed by atoms with Gasteiger partial charge in [0.1, 0.15) is 0 Å². The van der Waals surface area contributed by atoms with Crippen molar-refractivity contribution in [2.24, 2.45) is 5.73 Å². The maximum absolute atomic E-state index is 11.4. The second kappa shape index (κ2) is 9.49. The van der Waals surface area contributed by atoms with Gasteiger partial charge in [0.2, 0.25) is 0 Å². The zero-order chi connectivity index (χ0) is 22.1. The van der Waals surface area contributed by atoms with Gasteiger partial charge in [0.25, 0.3) is 0 Å². The molecule has 0 unspecified atom stereocenters. The molecule has 1 aromatic heterocycles. The molecule has 0 amide bonds. The monoisotopic (exact) mass is 456 g/mol. The van der Waals surface area contributed by atoms with E-state index in [1.165, 1.54) is 32.8 Å². The van der Waals surface area contributed by atoms with Crippen LogP contribution in [0.2, 0.25) is 0 Å². The smallest absolute Gasteiger partial charge is 0.335 e. The normalized spacial score (nSPS) is 10.9. The van der Waals surface area contributed by atoms with E-state index in [1.807, 2.05) is 6.07 Å². The van der Waals surface area contributed by atoms with E-state index < -0.39 is 5.97 Å². The van der Waals surface area contributed by atoms with Crippen LogP contribution in [0.1, 0.15) is 21.5 Å². The first-order valence-electron chi connectivity index (χ1n) is 10.8. The van der Waals surface area contributed by atoms with E-state index in [0.29, 0.717) is 18.7 Å². The molecule has 5 aromatic rings. The van der Waals surface area contributed by atoms with Crippen molar-refractivity contribution in [3.8, 4) is 11.1 Å². The fourth-order valence-electron chi connectivity index (χ4n) is 4.50. The number of aromatic carboxylic acids is 1. The van der Waals surface area contributed by atoms with Crippen molar-refractivity contribution in [1.29, 1.82) is 0 Å². The van der Waals surface area contributed by atoms with E-state index in [2.05, 4.69) is 71.4 Å².